The quantitative estimate of drug-likeness (QED) is 0.177. The summed E-state index contributed by atoms with van der Waals surface area (Å²) in [7, 11) is 0. The van der Waals surface area contributed by atoms with Crippen molar-refractivity contribution in [3.8, 4) is 23.0 Å². The van der Waals surface area contributed by atoms with E-state index in [0.717, 1.165) is 65.4 Å². The molecule has 4 aliphatic rings. The summed E-state index contributed by atoms with van der Waals surface area (Å²) in [6, 6.07) is 37.0. The predicted octanol–water partition coefficient (Wildman–Crippen LogP) is 10.2. The van der Waals surface area contributed by atoms with Crippen LogP contribution in [0.25, 0.3) is 38.8 Å². The SMILES string of the molecule is Cc1cc(C)nc(-n2c3ccccc3c3ccc(Oc4cccc(-n5cc6c7ccc(n6[c]5=[Pt])CCc5ccc(c(C)c5C)CC7)c4)cc32)c1. The van der Waals surface area contributed by atoms with Crippen LogP contribution in [0.2, 0.25) is 0 Å². The van der Waals surface area contributed by atoms with Gasteiger partial charge in [-0.05, 0) is 25.5 Å². The number of hydrogen-bond donors (Lipinski definition) is 0. The summed E-state index contributed by atoms with van der Waals surface area (Å²) >= 11 is 2.50. The van der Waals surface area contributed by atoms with Gasteiger partial charge in [0.1, 0.15) is 0 Å². The van der Waals surface area contributed by atoms with E-state index in [-0.39, 0.29) is 0 Å². The van der Waals surface area contributed by atoms with E-state index in [4.69, 9.17) is 9.72 Å². The summed E-state index contributed by atoms with van der Waals surface area (Å²) in [4.78, 5) is 4.94. The van der Waals surface area contributed by atoms with Gasteiger partial charge < -0.3 is 0 Å². The van der Waals surface area contributed by atoms with Crippen molar-refractivity contribution in [2.24, 2.45) is 0 Å². The van der Waals surface area contributed by atoms with Crippen LogP contribution in [0.1, 0.15) is 44.8 Å². The molecule has 0 unspecified atom stereocenters. The third-order valence-corrected chi connectivity index (χ3v) is 11.6. The van der Waals surface area contributed by atoms with Gasteiger partial charge in [0.15, 0.2) is 0 Å². The molecule has 0 atom stereocenters. The van der Waals surface area contributed by atoms with Crippen LogP contribution in [0.4, 0.5) is 0 Å². The molecule has 4 aromatic heterocycles. The molecule has 4 aromatic carbocycles. The number of para-hydroxylation sites is 1. The van der Waals surface area contributed by atoms with E-state index in [0.29, 0.717) is 0 Å². The summed E-state index contributed by atoms with van der Waals surface area (Å²) in [6.07, 6.45) is 6.37. The van der Waals surface area contributed by atoms with Crippen molar-refractivity contribution >= 4 is 27.3 Å². The van der Waals surface area contributed by atoms with Crippen LogP contribution in [0.3, 0.4) is 0 Å². The minimum absolute atomic E-state index is 0.789. The van der Waals surface area contributed by atoms with Gasteiger partial charge in [0, 0.05) is 5.69 Å². The summed E-state index contributed by atoms with van der Waals surface area (Å²) in [5.74, 6) is 2.51. The topological polar surface area (TPSA) is 36.4 Å². The zero-order valence-corrected chi connectivity index (χ0v) is 31.0. The first kappa shape index (κ1) is 31.0. The van der Waals surface area contributed by atoms with E-state index in [1.54, 1.807) is 0 Å². The van der Waals surface area contributed by atoms with Crippen molar-refractivity contribution in [2.75, 3.05) is 0 Å². The first-order valence-electron chi connectivity index (χ1n) is 17.4. The van der Waals surface area contributed by atoms with Gasteiger partial charge in [-0.15, -0.1) is 0 Å². The molecule has 0 spiro atoms. The maximum atomic E-state index is 6.63. The van der Waals surface area contributed by atoms with Crippen molar-refractivity contribution < 1.29 is 24.1 Å². The van der Waals surface area contributed by atoms with Crippen LogP contribution in [-0.2, 0) is 45.0 Å². The monoisotopic (exact) mass is 833 g/mol. The van der Waals surface area contributed by atoms with Gasteiger partial charge in [-0.2, -0.15) is 0 Å². The Labute approximate surface area is 302 Å². The third kappa shape index (κ3) is 5.18. The van der Waals surface area contributed by atoms with Crippen LogP contribution in [0.15, 0.2) is 109 Å². The Bertz CT molecular complexity index is 2690. The molecule has 2 aliphatic carbocycles. The number of aryl methyl sites for hydroxylation is 6. The number of imidazole rings is 1. The molecule has 50 heavy (non-hydrogen) atoms. The Morgan fingerprint density at radius 1 is 0.620 bits per heavy atom. The van der Waals surface area contributed by atoms with Crippen molar-refractivity contribution in [3.63, 3.8) is 0 Å². The molecule has 0 N–H and O–H groups in total. The molecule has 0 saturated carbocycles. The molecule has 6 heteroatoms. The molecule has 12 rings (SSSR count). The first-order chi connectivity index (χ1) is 24.3. The van der Waals surface area contributed by atoms with Gasteiger partial charge in [0.05, 0.1) is 0 Å². The fourth-order valence-electron chi connectivity index (χ4n) is 7.89. The molecule has 5 nitrogen and oxygen atoms in total. The maximum absolute atomic E-state index is 6.63. The van der Waals surface area contributed by atoms with E-state index in [2.05, 4.69) is 164 Å². The molecule has 250 valence electrons. The number of fused-ring (bicyclic) bond motifs is 3. The zero-order chi connectivity index (χ0) is 34.1. The number of ether oxygens (including phenoxy) is 1. The second kappa shape index (κ2) is 12.1. The van der Waals surface area contributed by atoms with E-state index >= 15 is 0 Å². The summed E-state index contributed by atoms with van der Waals surface area (Å²) in [5, 5.41) is 2.38. The average Bonchev–Trinajstić information content (AvgIpc) is 3.62. The van der Waals surface area contributed by atoms with E-state index in [9.17, 15) is 0 Å². The molecule has 0 fully saturated rings. The Morgan fingerprint density at radius 2 is 1.34 bits per heavy atom. The van der Waals surface area contributed by atoms with Crippen molar-refractivity contribution in [1.82, 2.24) is 18.5 Å². The molecular formula is C44H38N4OPt. The fourth-order valence-corrected chi connectivity index (χ4v) is 8.93. The van der Waals surface area contributed by atoms with Gasteiger partial charge in [0.2, 0.25) is 0 Å². The zero-order valence-electron chi connectivity index (χ0n) is 28.7. The number of hydrogen-bond acceptors (Lipinski definition) is 2. The van der Waals surface area contributed by atoms with Crippen LogP contribution >= 0.6 is 0 Å². The van der Waals surface area contributed by atoms with Gasteiger partial charge >= 0.3 is 261 Å². The van der Waals surface area contributed by atoms with Crippen molar-refractivity contribution in [1.29, 1.82) is 0 Å². The third-order valence-electron chi connectivity index (χ3n) is 10.6. The second-order valence-electron chi connectivity index (χ2n) is 13.7. The molecule has 6 heterocycles. The van der Waals surface area contributed by atoms with Crippen LogP contribution in [0, 0.1) is 31.5 Å². The number of aromatic nitrogens is 4. The Morgan fingerprint density at radius 3 is 2.16 bits per heavy atom. The summed E-state index contributed by atoms with van der Waals surface area (Å²) in [5.41, 5.74) is 15.3. The number of benzene rings is 4. The van der Waals surface area contributed by atoms with Gasteiger partial charge in [-0.3, -0.25) is 0 Å². The Kier molecular flexibility index (Phi) is 7.51. The van der Waals surface area contributed by atoms with Gasteiger partial charge in [-0.25, -0.2) is 0 Å². The number of nitrogens with zero attached hydrogens (tertiary/aromatic N) is 4. The number of pyridine rings is 2. The van der Waals surface area contributed by atoms with E-state index in [1.807, 2.05) is 6.07 Å². The molecule has 4 bridgehead atoms. The fraction of sp³-hybridized carbons (Fsp3) is 0.182. The van der Waals surface area contributed by atoms with Crippen LogP contribution < -0.4 is 4.74 Å². The Balaban J connectivity index is 1.10. The molecular weight excluding hydrogens is 796 g/mol. The minimum atomic E-state index is 0.789. The Hall–Kier alpha value is -4.99. The molecule has 8 aromatic rings. The molecule has 0 radical (unpaired) electrons. The van der Waals surface area contributed by atoms with Crippen molar-refractivity contribution in [3.05, 3.63) is 158 Å². The van der Waals surface area contributed by atoms with Gasteiger partial charge in [0.25, 0.3) is 0 Å². The van der Waals surface area contributed by atoms with Crippen LogP contribution in [0.5, 0.6) is 11.5 Å². The first-order valence-corrected chi connectivity index (χ1v) is 18.5. The van der Waals surface area contributed by atoms with E-state index < -0.39 is 0 Å². The van der Waals surface area contributed by atoms with Crippen LogP contribution in [-0.4, -0.2) is 18.5 Å². The predicted molar refractivity (Wildman–Crippen MR) is 199 cm³/mol. The molecule has 2 aliphatic heterocycles. The summed E-state index contributed by atoms with van der Waals surface area (Å²) in [6.45, 7) is 8.76. The number of rotatable bonds is 4. The van der Waals surface area contributed by atoms with Gasteiger partial charge in [-0.1, -0.05) is 12.1 Å². The molecule has 0 amide bonds. The average molecular weight is 834 g/mol. The molecule has 0 saturated heterocycles. The summed E-state index contributed by atoms with van der Waals surface area (Å²) < 4.78 is 14.8. The van der Waals surface area contributed by atoms with Crippen molar-refractivity contribution in [2.45, 2.75) is 53.4 Å². The second-order valence-corrected chi connectivity index (χ2v) is 14.7. The normalized spacial score (nSPS) is 13.0. The standard InChI is InChI=1S/C44H38N4O.Pt/c1-28-22-29(2)45-44(23-28)48-41-11-6-5-10-39(41)40-21-20-38(25-42(40)48)49-37-9-7-8-36(24-37)46-26-43-34-15-14-32-12-13-33(31(4)30(32)3)16-18-35(19-17-34)47(43)27-46;/h5-13,17,19-26H,14-16,18H2,1-4H3;. The van der Waals surface area contributed by atoms with E-state index in [1.165, 1.54) is 59.2 Å².